The minimum atomic E-state index is -3.10. The summed E-state index contributed by atoms with van der Waals surface area (Å²) in [5, 5.41) is 1.06. The van der Waals surface area contributed by atoms with Crippen LogP contribution in [0.25, 0.3) is 10.2 Å². The van der Waals surface area contributed by atoms with Crippen molar-refractivity contribution in [2.45, 2.75) is 37.8 Å². The number of anilines is 1. The van der Waals surface area contributed by atoms with Gasteiger partial charge in [-0.1, -0.05) is 36.8 Å². The van der Waals surface area contributed by atoms with E-state index in [1.807, 2.05) is 48.5 Å². The molecule has 6 nitrogen and oxygen atoms in total. The second-order valence-corrected chi connectivity index (χ2v) is 11.9. The zero-order valence-electron chi connectivity index (χ0n) is 17.9. The molecule has 168 valence electrons. The van der Waals surface area contributed by atoms with Crippen LogP contribution in [0.3, 0.4) is 0 Å². The molecule has 0 N–H and O–H groups in total. The summed E-state index contributed by atoms with van der Waals surface area (Å²) in [5.74, 6) is 0.146. The molecule has 2 aliphatic heterocycles. The topological polar surface area (TPSA) is 70.6 Å². The molecule has 2 aliphatic rings. The van der Waals surface area contributed by atoms with Crippen LogP contribution in [-0.4, -0.2) is 54.8 Å². The van der Waals surface area contributed by atoms with E-state index in [4.69, 9.17) is 4.98 Å². The van der Waals surface area contributed by atoms with Crippen molar-refractivity contribution in [3.63, 3.8) is 0 Å². The monoisotopic (exact) mass is 469 g/mol. The molecule has 2 aromatic carbocycles. The molecule has 0 unspecified atom stereocenters. The van der Waals surface area contributed by atoms with Crippen molar-refractivity contribution in [3.05, 3.63) is 59.6 Å². The molecule has 0 bridgehead atoms. The predicted molar refractivity (Wildman–Crippen MR) is 129 cm³/mol. The van der Waals surface area contributed by atoms with Gasteiger partial charge in [-0.2, -0.15) is 0 Å². The van der Waals surface area contributed by atoms with Crippen molar-refractivity contribution in [1.29, 1.82) is 0 Å². The lowest BCUT2D eigenvalue weighted by atomic mass is 10.0. The molecule has 32 heavy (non-hydrogen) atoms. The predicted octanol–water partition coefficient (Wildman–Crippen LogP) is 4.04. The van der Waals surface area contributed by atoms with E-state index in [0.717, 1.165) is 42.0 Å². The summed E-state index contributed by atoms with van der Waals surface area (Å²) in [5.41, 5.74) is 1.78. The van der Waals surface area contributed by atoms with Crippen LogP contribution in [0.15, 0.2) is 54.6 Å². The van der Waals surface area contributed by atoms with Gasteiger partial charge in [-0.05, 0) is 50.1 Å². The summed E-state index contributed by atoms with van der Waals surface area (Å²) >= 11 is 1.71. The summed E-state index contributed by atoms with van der Waals surface area (Å²) in [7, 11) is -3.10. The summed E-state index contributed by atoms with van der Waals surface area (Å²) < 4.78 is 25.5. The first-order valence-electron chi connectivity index (χ1n) is 11.2. The fourth-order valence-corrected chi connectivity index (χ4v) is 7.71. The number of nitrogens with zero attached hydrogens (tertiary/aromatic N) is 3. The van der Waals surface area contributed by atoms with Gasteiger partial charge < -0.3 is 4.90 Å². The third kappa shape index (κ3) is 4.44. The number of amides is 1. The number of sulfone groups is 1. The first-order chi connectivity index (χ1) is 15.5. The van der Waals surface area contributed by atoms with Gasteiger partial charge in [0.15, 0.2) is 9.84 Å². The van der Waals surface area contributed by atoms with Gasteiger partial charge in [0.25, 0.3) is 0 Å². The van der Waals surface area contributed by atoms with Crippen LogP contribution in [0.2, 0.25) is 0 Å². The molecule has 2 fully saturated rings. The van der Waals surface area contributed by atoms with Crippen LogP contribution in [0.4, 0.5) is 5.69 Å². The molecule has 3 heterocycles. The highest BCUT2D eigenvalue weighted by Crippen LogP contribution is 2.36. The molecule has 2 atom stereocenters. The third-order valence-corrected chi connectivity index (χ3v) is 9.31. The Balaban J connectivity index is 1.41. The maximum absolute atomic E-state index is 13.6. The number of fused-ring (bicyclic) bond motifs is 1. The number of rotatable bonds is 5. The Morgan fingerprint density at radius 1 is 1.06 bits per heavy atom. The molecular formula is C24H27N3O3S2. The number of hydrogen-bond donors (Lipinski definition) is 0. The first kappa shape index (κ1) is 21.6. The number of aromatic nitrogens is 1. The number of hydrogen-bond acceptors (Lipinski definition) is 6. The molecule has 0 radical (unpaired) electrons. The van der Waals surface area contributed by atoms with E-state index in [9.17, 15) is 13.2 Å². The standard InChI is InChI=1S/C24H27N3O3S2/c28-23(27(18-8-2-1-3-9-18)19-13-15-32(29,30)17-19)16-26-14-7-6-11-21(26)24-25-20-10-4-5-12-22(20)31-24/h1-5,8-10,12,19,21H,6-7,11,13-17H2/t19-,21-/m0/s1. The van der Waals surface area contributed by atoms with E-state index in [1.165, 1.54) is 4.70 Å². The quantitative estimate of drug-likeness (QED) is 0.564. The molecule has 0 aliphatic carbocycles. The molecule has 1 amide bonds. The van der Waals surface area contributed by atoms with Crippen LogP contribution >= 0.6 is 11.3 Å². The van der Waals surface area contributed by atoms with Crippen LogP contribution in [0.5, 0.6) is 0 Å². The zero-order chi connectivity index (χ0) is 22.1. The number of para-hydroxylation sites is 2. The summed E-state index contributed by atoms with van der Waals surface area (Å²) in [6.45, 7) is 1.12. The minimum absolute atomic E-state index is 0.0358. The Kier molecular flexibility index (Phi) is 6.01. The second kappa shape index (κ2) is 8.92. The highest BCUT2D eigenvalue weighted by molar-refractivity contribution is 7.91. The molecule has 2 saturated heterocycles. The highest BCUT2D eigenvalue weighted by Gasteiger charge is 2.37. The van der Waals surface area contributed by atoms with Gasteiger partial charge in [0.2, 0.25) is 5.91 Å². The van der Waals surface area contributed by atoms with Gasteiger partial charge in [0.05, 0.1) is 40.4 Å². The summed E-state index contributed by atoms with van der Waals surface area (Å²) in [6.07, 6.45) is 3.65. The van der Waals surface area contributed by atoms with Gasteiger partial charge in [-0.15, -0.1) is 11.3 Å². The lowest BCUT2D eigenvalue weighted by molar-refractivity contribution is -0.121. The van der Waals surface area contributed by atoms with Crippen molar-refractivity contribution in [1.82, 2.24) is 9.88 Å². The molecular weight excluding hydrogens is 442 g/mol. The van der Waals surface area contributed by atoms with E-state index in [-0.39, 0.29) is 36.0 Å². The Morgan fingerprint density at radius 3 is 2.59 bits per heavy atom. The number of piperidine rings is 1. The average Bonchev–Trinajstić information content (AvgIpc) is 3.38. The SMILES string of the molecule is O=C(CN1CCCC[C@H]1c1nc2ccccc2s1)N(c1ccccc1)[C@H]1CCS(=O)(=O)C1. The van der Waals surface area contributed by atoms with Crippen molar-refractivity contribution in [2.24, 2.45) is 0 Å². The van der Waals surface area contributed by atoms with E-state index >= 15 is 0 Å². The van der Waals surface area contributed by atoms with Crippen LogP contribution in [0, 0.1) is 0 Å². The maximum Gasteiger partial charge on any atom is 0.241 e. The van der Waals surface area contributed by atoms with E-state index in [1.54, 1.807) is 16.2 Å². The van der Waals surface area contributed by atoms with Gasteiger partial charge in [-0.25, -0.2) is 13.4 Å². The van der Waals surface area contributed by atoms with E-state index < -0.39 is 9.84 Å². The summed E-state index contributed by atoms with van der Waals surface area (Å²) in [4.78, 5) is 22.5. The second-order valence-electron chi connectivity index (χ2n) is 8.66. The zero-order valence-corrected chi connectivity index (χ0v) is 19.5. The van der Waals surface area contributed by atoms with Crippen molar-refractivity contribution in [2.75, 3.05) is 29.5 Å². The number of thiazole rings is 1. The molecule has 5 rings (SSSR count). The van der Waals surface area contributed by atoms with Crippen LogP contribution in [-0.2, 0) is 14.6 Å². The summed E-state index contributed by atoms with van der Waals surface area (Å²) in [6, 6.07) is 17.4. The number of benzene rings is 2. The lowest BCUT2D eigenvalue weighted by Crippen LogP contribution is -2.48. The normalized spacial score (nSPS) is 23.4. The number of likely N-dealkylation sites (tertiary alicyclic amines) is 1. The molecule has 3 aromatic rings. The fourth-order valence-electron chi connectivity index (χ4n) is 4.87. The smallest absolute Gasteiger partial charge is 0.241 e. The average molecular weight is 470 g/mol. The highest BCUT2D eigenvalue weighted by atomic mass is 32.2. The molecule has 8 heteroatoms. The van der Waals surface area contributed by atoms with Gasteiger partial charge in [0.1, 0.15) is 5.01 Å². The van der Waals surface area contributed by atoms with E-state index in [2.05, 4.69) is 11.0 Å². The Labute approximate surface area is 192 Å². The first-order valence-corrected chi connectivity index (χ1v) is 13.8. The molecule has 0 spiro atoms. The maximum atomic E-state index is 13.6. The van der Waals surface area contributed by atoms with E-state index in [0.29, 0.717) is 6.42 Å². The fraction of sp³-hybridized carbons (Fsp3) is 0.417. The Bertz CT molecular complexity index is 1180. The van der Waals surface area contributed by atoms with Crippen molar-refractivity contribution < 1.29 is 13.2 Å². The van der Waals surface area contributed by atoms with Crippen molar-refractivity contribution >= 4 is 43.0 Å². The Hall–Kier alpha value is -2.29. The Morgan fingerprint density at radius 2 is 1.84 bits per heavy atom. The van der Waals surface area contributed by atoms with Gasteiger partial charge in [0, 0.05) is 5.69 Å². The number of carbonyl (C=O) groups excluding carboxylic acids is 1. The largest absolute Gasteiger partial charge is 0.307 e. The lowest BCUT2D eigenvalue weighted by Gasteiger charge is -2.36. The molecule has 0 saturated carbocycles. The van der Waals surface area contributed by atoms with Crippen LogP contribution < -0.4 is 4.90 Å². The minimum Gasteiger partial charge on any atom is -0.307 e. The third-order valence-electron chi connectivity index (χ3n) is 6.42. The van der Waals surface area contributed by atoms with Gasteiger partial charge in [-0.3, -0.25) is 9.69 Å². The van der Waals surface area contributed by atoms with Crippen molar-refractivity contribution in [3.8, 4) is 0 Å². The van der Waals surface area contributed by atoms with Gasteiger partial charge >= 0.3 is 0 Å². The number of carbonyl (C=O) groups is 1. The van der Waals surface area contributed by atoms with Crippen LogP contribution in [0.1, 0.15) is 36.7 Å². The molecule has 1 aromatic heterocycles.